The Morgan fingerprint density at radius 3 is 2.37 bits per heavy atom. The summed E-state index contributed by atoms with van der Waals surface area (Å²) in [4.78, 5) is 15.9. The smallest absolute Gasteiger partial charge is 0.373 e. The minimum Gasteiger partial charge on any atom is -0.497 e. The van der Waals surface area contributed by atoms with E-state index >= 15 is 0 Å². The van der Waals surface area contributed by atoms with E-state index in [1.165, 1.54) is 28.0 Å². The normalized spacial score (nSPS) is 19.5. The lowest BCUT2D eigenvalue weighted by Gasteiger charge is -2.30. The largest absolute Gasteiger partial charge is 0.497 e. The highest BCUT2D eigenvalue weighted by molar-refractivity contribution is 7.91. The Morgan fingerprint density at radius 2 is 1.70 bits per heavy atom. The van der Waals surface area contributed by atoms with Gasteiger partial charge in [-0.25, -0.2) is 8.42 Å². The van der Waals surface area contributed by atoms with Crippen LogP contribution in [-0.4, -0.2) is 69.2 Å². The quantitative estimate of drug-likeness (QED) is 0.344. The number of halogens is 2. The molecule has 224 valence electrons. The molecule has 2 aliphatic rings. The van der Waals surface area contributed by atoms with Crippen LogP contribution in [-0.2, 0) is 25.9 Å². The summed E-state index contributed by atoms with van der Waals surface area (Å²) in [5, 5.41) is 7.87. The molecular weight excluding hydrogens is 584 g/mol. The number of hydrogen-bond acceptors (Lipinski definition) is 10. The molecule has 1 aromatic heterocycles. The molecule has 1 atom stereocenters. The number of anilines is 2. The van der Waals surface area contributed by atoms with Gasteiger partial charge in [-0.15, -0.1) is 5.10 Å². The number of amides is 1. The topological polar surface area (TPSA) is 141 Å². The van der Waals surface area contributed by atoms with Crippen LogP contribution in [0.3, 0.4) is 0 Å². The molecule has 3 aromatic carbocycles. The molecule has 1 fully saturated rings. The van der Waals surface area contributed by atoms with Crippen molar-refractivity contribution in [3.05, 3.63) is 72.3 Å². The first-order valence-electron chi connectivity index (χ1n) is 13.3. The molecule has 0 bridgehead atoms. The number of carbonyl (C=O) groups is 1. The second kappa shape index (κ2) is 11.0. The molecule has 2 aliphatic heterocycles. The van der Waals surface area contributed by atoms with Gasteiger partial charge in [0.15, 0.2) is 9.84 Å². The fourth-order valence-electron chi connectivity index (χ4n) is 5.05. The number of nitrogens with two attached hydrogens (primary N) is 1. The molecule has 0 saturated carbocycles. The summed E-state index contributed by atoms with van der Waals surface area (Å²) < 4.78 is 69.2. The highest BCUT2D eigenvalue weighted by Gasteiger charge is 2.39. The molecular formula is C29H27F2N5O6S. The van der Waals surface area contributed by atoms with Crippen LogP contribution in [0, 0.1) is 0 Å². The maximum atomic E-state index is 13.7. The number of hydrogen-bond donors (Lipinski definition) is 1. The average molecular weight is 612 g/mol. The number of sulfone groups is 1. The Hall–Kier alpha value is -4.40. The zero-order valence-corrected chi connectivity index (χ0v) is 23.8. The number of carbonyl (C=O) groups excluding carboxylic acids is 1. The Morgan fingerprint density at radius 1 is 1.02 bits per heavy atom. The zero-order valence-electron chi connectivity index (χ0n) is 22.9. The molecule has 0 aliphatic carbocycles. The second-order valence-electron chi connectivity index (χ2n) is 10.2. The molecule has 2 N–H and O–H groups in total. The molecule has 1 amide bonds. The number of alkyl halides is 2. The van der Waals surface area contributed by atoms with Crippen LogP contribution in [0.1, 0.15) is 5.56 Å². The number of morpholine rings is 1. The highest BCUT2D eigenvalue weighted by Crippen LogP contribution is 2.36. The van der Waals surface area contributed by atoms with E-state index in [1.807, 2.05) is 48.5 Å². The van der Waals surface area contributed by atoms with Crippen molar-refractivity contribution in [3.8, 4) is 28.3 Å². The molecule has 14 heteroatoms. The molecule has 6 rings (SSSR count). The molecule has 0 radical (unpaired) electrons. The third kappa shape index (κ3) is 5.81. The van der Waals surface area contributed by atoms with Gasteiger partial charge in [0.2, 0.25) is 11.8 Å². The lowest BCUT2D eigenvalue weighted by Crippen LogP contribution is -2.46. The molecule has 3 heterocycles. The third-order valence-electron chi connectivity index (χ3n) is 7.27. The Kier molecular flexibility index (Phi) is 7.36. The summed E-state index contributed by atoms with van der Waals surface area (Å²) in [5.74, 6) is -0.417. The van der Waals surface area contributed by atoms with Crippen molar-refractivity contribution in [2.75, 3.05) is 42.4 Å². The van der Waals surface area contributed by atoms with Crippen LogP contribution in [0.2, 0.25) is 0 Å². The lowest BCUT2D eigenvalue weighted by molar-refractivity contribution is -0.240. The standard InChI is InChI=1S/C29H27F2N5O6S/c1-40-22-9-6-20(7-10-22)19-4-2-18(3-5-19)15-36-24-14-21(8-11-25(24)43(38,39)16-23(32)27(36)37)26-33-34-28(42-26)35-12-13-41-29(30,31)17-35/h2-11,14,23H,12-13,15-17,32H2,1H3/t23-/m0/s1. The number of aromatic nitrogens is 2. The van der Waals surface area contributed by atoms with Crippen molar-refractivity contribution in [2.24, 2.45) is 5.73 Å². The average Bonchev–Trinajstić information content (AvgIpc) is 3.47. The Balaban J connectivity index is 1.32. The van der Waals surface area contributed by atoms with E-state index < -0.39 is 40.2 Å². The first-order valence-corrected chi connectivity index (χ1v) is 15.0. The predicted octanol–water partition coefficient (Wildman–Crippen LogP) is 3.49. The van der Waals surface area contributed by atoms with Gasteiger partial charge < -0.3 is 29.4 Å². The van der Waals surface area contributed by atoms with Gasteiger partial charge in [-0.05, 0) is 47.0 Å². The summed E-state index contributed by atoms with van der Waals surface area (Å²) >= 11 is 0. The van der Waals surface area contributed by atoms with Crippen LogP contribution in [0.5, 0.6) is 5.75 Å². The van der Waals surface area contributed by atoms with E-state index in [1.54, 1.807) is 7.11 Å². The molecule has 1 saturated heterocycles. The van der Waals surface area contributed by atoms with Gasteiger partial charge in [0.25, 0.3) is 0 Å². The predicted molar refractivity (Wildman–Crippen MR) is 152 cm³/mol. The number of rotatable bonds is 6. The van der Waals surface area contributed by atoms with Gasteiger partial charge in [0, 0.05) is 12.1 Å². The molecule has 11 nitrogen and oxygen atoms in total. The van der Waals surface area contributed by atoms with E-state index in [0.717, 1.165) is 22.4 Å². The molecule has 0 unspecified atom stereocenters. The fourth-order valence-corrected chi connectivity index (χ4v) is 6.61. The van der Waals surface area contributed by atoms with E-state index in [0.29, 0.717) is 5.56 Å². The summed E-state index contributed by atoms with van der Waals surface area (Å²) in [7, 11) is -2.33. The van der Waals surface area contributed by atoms with Gasteiger partial charge in [-0.3, -0.25) is 4.79 Å². The van der Waals surface area contributed by atoms with Gasteiger partial charge in [-0.2, -0.15) is 8.78 Å². The monoisotopic (exact) mass is 611 g/mol. The number of benzene rings is 3. The van der Waals surface area contributed by atoms with Crippen molar-refractivity contribution >= 4 is 27.4 Å². The van der Waals surface area contributed by atoms with E-state index in [9.17, 15) is 22.0 Å². The van der Waals surface area contributed by atoms with E-state index in [2.05, 4.69) is 14.9 Å². The maximum absolute atomic E-state index is 13.7. The minimum atomic E-state index is -3.93. The van der Waals surface area contributed by atoms with Crippen molar-refractivity contribution in [1.82, 2.24) is 10.2 Å². The number of ether oxygens (including phenoxy) is 2. The number of nitrogens with zero attached hydrogens (tertiary/aromatic N) is 4. The SMILES string of the molecule is COc1ccc(-c2ccc(CN3C(=O)[C@@H](N)CS(=O)(=O)c4ccc(-c5nnc(N6CCOC(F)(F)C6)o5)cc43)cc2)cc1. The first kappa shape index (κ1) is 28.7. The maximum Gasteiger partial charge on any atom is 0.373 e. The Labute approximate surface area is 245 Å². The lowest BCUT2D eigenvalue weighted by atomic mass is 10.0. The first-order chi connectivity index (χ1) is 20.5. The minimum absolute atomic E-state index is 0.0326. The van der Waals surface area contributed by atoms with Crippen LogP contribution >= 0.6 is 0 Å². The zero-order chi connectivity index (χ0) is 30.4. The van der Waals surface area contributed by atoms with Gasteiger partial charge in [0.1, 0.15) is 12.3 Å². The van der Waals surface area contributed by atoms with Crippen LogP contribution in [0.4, 0.5) is 20.5 Å². The van der Waals surface area contributed by atoms with Crippen molar-refractivity contribution in [3.63, 3.8) is 0 Å². The fraction of sp³-hybridized carbons (Fsp3) is 0.276. The van der Waals surface area contributed by atoms with E-state index in [4.69, 9.17) is 14.9 Å². The molecule has 4 aromatic rings. The van der Waals surface area contributed by atoms with Crippen LogP contribution in [0.15, 0.2) is 76.0 Å². The van der Waals surface area contributed by atoms with Crippen molar-refractivity contribution in [1.29, 1.82) is 0 Å². The summed E-state index contributed by atoms with van der Waals surface area (Å²) in [6.45, 7) is -0.815. The van der Waals surface area contributed by atoms with Gasteiger partial charge >= 0.3 is 12.1 Å². The number of methoxy groups -OCH3 is 1. The molecule has 43 heavy (non-hydrogen) atoms. The third-order valence-corrected chi connectivity index (χ3v) is 9.08. The van der Waals surface area contributed by atoms with Crippen molar-refractivity contribution < 1.29 is 35.9 Å². The van der Waals surface area contributed by atoms with Crippen LogP contribution < -0.4 is 20.3 Å². The van der Waals surface area contributed by atoms with Gasteiger partial charge in [-0.1, -0.05) is 41.5 Å². The van der Waals surface area contributed by atoms with E-state index in [-0.39, 0.29) is 42.2 Å². The van der Waals surface area contributed by atoms with Gasteiger partial charge in [0.05, 0.1) is 42.6 Å². The number of fused-ring (bicyclic) bond motifs is 1. The highest BCUT2D eigenvalue weighted by atomic mass is 32.2. The second-order valence-corrected chi connectivity index (χ2v) is 12.2. The molecule has 0 spiro atoms. The summed E-state index contributed by atoms with van der Waals surface area (Å²) in [6.07, 6.45) is -3.36. The summed E-state index contributed by atoms with van der Waals surface area (Å²) in [6, 6.07) is 18.0. The Bertz CT molecular complexity index is 1760. The van der Waals surface area contributed by atoms with Crippen molar-refractivity contribution in [2.45, 2.75) is 23.6 Å². The summed E-state index contributed by atoms with van der Waals surface area (Å²) in [5.41, 5.74) is 9.12. The van der Waals surface area contributed by atoms with Crippen LogP contribution in [0.25, 0.3) is 22.6 Å².